The summed E-state index contributed by atoms with van der Waals surface area (Å²) < 4.78 is 2.79. The first-order valence-corrected chi connectivity index (χ1v) is 9.09. The number of rotatable bonds is 3. The number of aryl methyl sites for hydroxylation is 2. The Morgan fingerprint density at radius 1 is 1.24 bits per heavy atom. The lowest BCUT2D eigenvalue weighted by molar-refractivity contribution is 0.0937. The number of hydrogen-bond donors (Lipinski definition) is 1. The number of nitrogens with zero attached hydrogens (tertiary/aromatic N) is 2. The molecule has 0 spiro atoms. The van der Waals surface area contributed by atoms with Crippen molar-refractivity contribution in [1.82, 2.24) is 15.1 Å². The number of aromatic nitrogens is 2. The van der Waals surface area contributed by atoms with Crippen LogP contribution in [0.3, 0.4) is 0 Å². The maximum atomic E-state index is 12.9. The van der Waals surface area contributed by atoms with Crippen LogP contribution in [0.2, 0.25) is 0 Å². The Kier molecular flexibility index (Phi) is 4.17. The minimum atomic E-state index is -0.0789. The molecule has 1 atom stereocenters. The van der Waals surface area contributed by atoms with Crippen LogP contribution in [-0.4, -0.2) is 15.7 Å². The lowest BCUT2D eigenvalue weighted by Crippen LogP contribution is -2.27. The molecule has 4 rings (SSSR count). The second kappa shape index (κ2) is 6.48. The molecule has 3 aromatic rings. The molecule has 1 N–H and O–H groups in total. The highest BCUT2D eigenvalue weighted by atomic mass is 79.9. The summed E-state index contributed by atoms with van der Waals surface area (Å²) in [6, 6.07) is 16.2. The van der Waals surface area contributed by atoms with Gasteiger partial charge in [-0.3, -0.25) is 9.48 Å². The second-order valence-corrected chi connectivity index (χ2v) is 7.22. The minimum Gasteiger partial charge on any atom is -0.345 e. The summed E-state index contributed by atoms with van der Waals surface area (Å²) in [6.07, 6.45) is 3.57. The molecule has 1 aliphatic rings. The van der Waals surface area contributed by atoms with Crippen molar-refractivity contribution in [2.24, 2.45) is 7.05 Å². The van der Waals surface area contributed by atoms with Gasteiger partial charge < -0.3 is 5.32 Å². The molecule has 0 saturated heterocycles. The zero-order valence-corrected chi connectivity index (χ0v) is 15.5. The summed E-state index contributed by atoms with van der Waals surface area (Å²) in [7, 11) is 1.86. The third-order valence-corrected chi connectivity index (χ3v) is 5.21. The summed E-state index contributed by atoms with van der Waals surface area (Å²) in [6.45, 7) is 0. The standard InChI is InChI=1S/C20H18BrN3O/c1-24-19(14-5-3-2-4-6-14)17(12-22-24)20(25)23-18-10-8-13-7-9-15(21)11-16(13)18/h2-7,9,11-12,18H,8,10H2,1H3,(H,23,25)/t18-/m0/s1. The summed E-state index contributed by atoms with van der Waals surface area (Å²) in [5.41, 5.74) is 4.95. The molecule has 0 radical (unpaired) electrons. The molecule has 1 aromatic heterocycles. The normalized spacial score (nSPS) is 15.8. The number of nitrogens with one attached hydrogen (secondary N) is 1. The molecule has 0 saturated carbocycles. The van der Waals surface area contributed by atoms with Crippen molar-refractivity contribution in [3.63, 3.8) is 0 Å². The lowest BCUT2D eigenvalue weighted by atomic mass is 10.1. The number of fused-ring (bicyclic) bond motifs is 1. The van der Waals surface area contributed by atoms with Crippen LogP contribution >= 0.6 is 15.9 Å². The Labute approximate surface area is 155 Å². The van der Waals surface area contributed by atoms with Gasteiger partial charge in [-0.1, -0.05) is 52.3 Å². The van der Waals surface area contributed by atoms with E-state index in [1.165, 1.54) is 11.1 Å². The van der Waals surface area contributed by atoms with E-state index in [4.69, 9.17) is 0 Å². The molecule has 0 fully saturated rings. The third kappa shape index (κ3) is 3.00. The fraction of sp³-hybridized carbons (Fsp3) is 0.200. The monoisotopic (exact) mass is 395 g/mol. The Bertz CT molecular complexity index is 933. The van der Waals surface area contributed by atoms with E-state index in [0.29, 0.717) is 5.56 Å². The fourth-order valence-electron chi connectivity index (χ4n) is 3.50. The van der Waals surface area contributed by atoms with Crippen molar-refractivity contribution in [3.05, 3.63) is 75.9 Å². The van der Waals surface area contributed by atoms with Gasteiger partial charge in [-0.2, -0.15) is 5.10 Å². The summed E-state index contributed by atoms with van der Waals surface area (Å²) in [4.78, 5) is 12.9. The Balaban J connectivity index is 1.63. The first-order valence-electron chi connectivity index (χ1n) is 8.30. The number of hydrogen-bond acceptors (Lipinski definition) is 2. The van der Waals surface area contributed by atoms with Crippen LogP contribution in [0, 0.1) is 0 Å². The first kappa shape index (κ1) is 16.1. The van der Waals surface area contributed by atoms with Crippen LogP contribution < -0.4 is 5.32 Å². The van der Waals surface area contributed by atoms with Gasteiger partial charge in [0, 0.05) is 17.1 Å². The van der Waals surface area contributed by atoms with Crippen molar-refractivity contribution in [1.29, 1.82) is 0 Å². The van der Waals surface area contributed by atoms with Crippen molar-refractivity contribution in [2.45, 2.75) is 18.9 Å². The summed E-state index contributed by atoms with van der Waals surface area (Å²) in [5, 5.41) is 7.48. The molecule has 126 valence electrons. The molecule has 4 nitrogen and oxygen atoms in total. The van der Waals surface area contributed by atoms with Crippen LogP contribution in [0.4, 0.5) is 0 Å². The Morgan fingerprint density at radius 3 is 2.84 bits per heavy atom. The van der Waals surface area contributed by atoms with E-state index < -0.39 is 0 Å². The van der Waals surface area contributed by atoms with Crippen LogP contribution in [0.15, 0.2) is 59.2 Å². The largest absolute Gasteiger partial charge is 0.345 e. The Morgan fingerprint density at radius 2 is 2.04 bits per heavy atom. The average Bonchev–Trinajstić information content (AvgIpc) is 3.19. The molecular formula is C20H18BrN3O. The number of carbonyl (C=O) groups excluding carboxylic acids is 1. The molecule has 25 heavy (non-hydrogen) atoms. The number of carbonyl (C=O) groups is 1. The quantitative estimate of drug-likeness (QED) is 0.719. The van der Waals surface area contributed by atoms with Gasteiger partial charge in [0.15, 0.2) is 0 Å². The van der Waals surface area contributed by atoms with Gasteiger partial charge >= 0.3 is 0 Å². The minimum absolute atomic E-state index is 0.0452. The molecule has 5 heteroatoms. The van der Waals surface area contributed by atoms with E-state index in [1.807, 2.05) is 37.4 Å². The van der Waals surface area contributed by atoms with Crippen molar-refractivity contribution in [3.8, 4) is 11.3 Å². The highest BCUT2D eigenvalue weighted by Gasteiger charge is 2.26. The maximum absolute atomic E-state index is 12.9. The molecule has 0 aliphatic heterocycles. The molecule has 1 heterocycles. The molecule has 1 amide bonds. The Hall–Kier alpha value is -2.40. The lowest BCUT2D eigenvalue weighted by Gasteiger charge is -2.15. The predicted octanol–water partition coefficient (Wildman–Crippen LogP) is 4.27. The predicted molar refractivity (Wildman–Crippen MR) is 101 cm³/mol. The van der Waals surface area contributed by atoms with E-state index in [-0.39, 0.29) is 11.9 Å². The van der Waals surface area contributed by atoms with Gasteiger partial charge in [-0.25, -0.2) is 0 Å². The van der Waals surface area contributed by atoms with Gasteiger partial charge in [-0.05, 0) is 36.1 Å². The SMILES string of the molecule is Cn1ncc(C(=O)N[C@H]2CCc3ccc(Br)cc32)c1-c1ccccc1. The topological polar surface area (TPSA) is 46.9 Å². The number of amides is 1. The van der Waals surface area contributed by atoms with E-state index >= 15 is 0 Å². The molecule has 0 unspecified atom stereocenters. The molecule has 0 bridgehead atoms. The second-order valence-electron chi connectivity index (χ2n) is 6.30. The van der Waals surface area contributed by atoms with E-state index in [2.05, 4.69) is 44.5 Å². The van der Waals surface area contributed by atoms with E-state index in [0.717, 1.165) is 28.6 Å². The first-order chi connectivity index (χ1) is 12.1. The zero-order chi connectivity index (χ0) is 17.4. The highest BCUT2D eigenvalue weighted by Crippen LogP contribution is 2.33. The van der Waals surface area contributed by atoms with Gasteiger partial charge in [0.25, 0.3) is 5.91 Å². The van der Waals surface area contributed by atoms with Gasteiger partial charge in [0.05, 0.1) is 23.5 Å². The van der Waals surface area contributed by atoms with Gasteiger partial charge in [0.1, 0.15) is 0 Å². The molecule has 2 aromatic carbocycles. The maximum Gasteiger partial charge on any atom is 0.255 e. The average molecular weight is 396 g/mol. The number of halogens is 1. The smallest absolute Gasteiger partial charge is 0.255 e. The van der Waals surface area contributed by atoms with Crippen molar-refractivity contribution < 1.29 is 4.79 Å². The summed E-state index contributed by atoms with van der Waals surface area (Å²) in [5.74, 6) is -0.0789. The number of benzene rings is 2. The van der Waals surface area contributed by atoms with Crippen molar-refractivity contribution >= 4 is 21.8 Å². The van der Waals surface area contributed by atoms with Crippen LogP contribution in [0.25, 0.3) is 11.3 Å². The van der Waals surface area contributed by atoms with Crippen LogP contribution in [0.1, 0.15) is 33.9 Å². The van der Waals surface area contributed by atoms with E-state index in [1.54, 1.807) is 10.9 Å². The fourth-order valence-corrected chi connectivity index (χ4v) is 3.88. The van der Waals surface area contributed by atoms with Gasteiger partial charge in [-0.15, -0.1) is 0 Å². The van der Waals surface area contributed by atoms with E-state index in [9.17, 15) is 4.79 Å². The highest BCUT2D eigenvalue weighted by molar-refractivity contribution is 9.10. The molecular weight excluding hydrogens is 378 g/mol. The molecule has 1 aliphatic carbocycles. The van der Waals surface area contributed by atoms with Crippen molar-refractivity contribution in [2.75, 3.05) is 0 Å². The van der Waals surface area contributed by atoms with Crippen LogP contribution in [0.5, 0.6) is 0 Å². The third-order valence-electron chi connectivity index (χ3n) is 4.72. The zero-order valence-electron chi connectivity index (χ0n) is 13.9. The van der Waals surface area contributed by atoms with Gasteiger partial charge in [0.2, 0.25) is 0 Å². The summed E-state index contributed by atoms with van der Waals surface area (Å²) >= 11 is 3.52. The van der Waals surface area contributed by atoms with Crippen LogP contribution in [-0.2, 0) is 13.5 Å².